The lowest BCUT2D eigenvalue weighted by Crippen LogP contribution is -2.38. The molecule has 0 rings (SSSR count). The summed E-state index contributed by atoms with van der Waals surface area (Å²) < 4.78 is 35.6. The van der Waals surface area contributed by atoms with Crippen LogP contribution in [0.15, 0.2) is 0 Å². The molecular weight excluding hydrogens is 181 g/mol. The highest BCUT2D eigenvalue weighted by Gasteiger charge is 2.30. The van der Waals surface area contributed by atoms with Gasteiger partial charge in [0, 0.05) is 12.5 Å². The van der Waals surface area contributed by atoms with Gasteiger partial charge in [-0.2, -0.15) is 13.2 Å². The molecule has 0 aliphatic rings. The molecular formula is C8H13F3N2. The van der Waals surface area contributed by atoms with Gasteiger partial charge in [0.1, 0.15) is 0 Å². The fourth-order valence-electron chi connectivity index (χ4n) is 0.895. The zero-order chi connectivity index (χ0) is 10.3. The standard InChI is InChI=1S/C8H13F3N2/c1-2-3-4-5-7(13-12)6-8(9,10)11/h7,13H,4-6,12H2,1H3. The molecule has 0 aromatic carbocycles. The van der Waals surface area contributed by atoms with Gasteiger partial charge >= 0.3 is 6.18 Å². The number of nitrogens with two attached hydrogens (primary N) is 1. The summed E-state index contributed by atoms with van der Waals surface area (Å²) in [6.45, 7) is 1.65. The third-order valence-corrected chi connectivity index (χ3v) is 1.51. The van der Waals surface area contributed by atoms with E-state index in [-0.39, 0.29) is 0 Å². The van der Waals surface area contributed by atoms with E-state index in [2.05, 4.69) is 17.3 Å². The predicted molar refractivity (Wildman–Crippen MR) is 44.5 cm³/mol. The summed E-state index contributed by atoms with van der Waals surface area (Å²) in [5.41, 5.74) is 2.13. The lowest BCUT2D eigenvalue weighted by Gasteiger charge is -2.16. The third kappa shape index (κ3) is 7.62. The van der Waals surface area contributed by atoms with Crippen LogP contribution in [0.5, 0.6) is 0 Å². The van der Waals surface area contributed by atoms with E-state index in [4.69, 9.17) is 5.84 Å². The first-order valence-corrected chi connectivity index (χ1v) is 3.92. The molecule has 0 aliphatic heterocycles. The van der Waals surface area contributed by atoms with Gasteiger partial charge in [-0.25, -0.2) is 0 Å². The van der Waals surface area contributed by atoms with Crippen molar-refractivity contribution in [2.75, 3.05) is 0 Å². The number of alkyl halides is 3. The van der Waals surface area contributed by atoms with Crippen molar-refractivity contribution < 1.29 is 13.2 Å². The molecule has 0 saturated carbocycles. The normalized spacial score (nSPS) is 13.3. The van der Waals surface area contributed by atoms with Gasteiger partial charge in [0.2, 0.25) is 0 Å². The quantitative estimate of drug-likeness (QED) is 0.405. The molecule has 2 nitrogen and oxygen atoms in total. The average molecular weight is 194 g/mol. The molecule has 0 heterocycles. The van der Waals surface area contributed by atoms with E-state index in [0.717, 1.165) is 0 Å². The number of hydrazine groups is 1. The summed E-state index contributed by atoms with van der Waals surface area (Å²) in [7, 11) is 0. The minimum Gasteiger partial charge on any atom is -0.271 e. The number of nitrogens with one attached hydrogen (secondary N) is 1. The smallest absolute Gasteiger partial charge is 0.271 e. The van der Waals surface area contributed by atoms with Crippen LogP contribution in [-0.4, -0.2) is 12.2 Å². The summed E-state index contributed by atoms with van der Waals surface area (Å²) in [6, 6.07) is -0.735. The first-order chi connectivity index (χ1) is 5.99. The van der Waals surface area contributed by atoms with E-state index in [1.165, 1.54) is 0 Å². The molecule has 76 valence electrons. The van der Waals surface area contributed by atoms with Crippen LogP contribution in [0.1, 0.15) is 26.2 Å². The maximum Gasteiger partial charge on any atom is 0.390 e. The highest BCUT2D eigenvalue weighted by atomic mass is 19.4. The largest absolute Gasteiger partial charge is 0.390 e. The van der Waals surface area contributed by atoms with Crippen molar-refractivity contribution in [3.63, 3.8) is 0 Å². The predicted octanol–water partition coefficient (Wildman–Crippen LogP) is 1.57. The van der Waals surface area contributed by atoms with Crippen LogP contribution >= 0.6 is 0 Å². The van der Waals surface area contributed by atoms with Crippen LogP contribution < -0.4 is 11.3 Å². The first-order valence-electron chi connectivity index (χ1n) is 3.92. The maximum absolute atomic E-state index is 11.9. The van der Waals surface area contributed by atoms with Gasteiger partial charge in [0.15, 0.2) is 0 Å². The topological polar surface area (TPSA) is 38.0 Å². The second-order valence-corrected chi connectivity index (χ2v) is 2.65. The molecule has 0 radical (unpaired) electrons. The highest BCUT2D eigenvalue weighted by Crippen LogP contribution is 2.22. The number of hydrogen-bond donors (Lipinski definition) is 2. The van der Waals surface area contributed by atoms with E-state index in [9.17, 15) is 13.2 Å². The van der Waals surface area contributed by atoms with Gasteiger partial charge < -0.3 is 0 Å². The lowest BCUT2D eigenvalue weighted by molar-refractivity contribution is -0.140. The van der Waals surface area contributed by atoms with Crippen LogP contribution in [0, 0.1) is 11.8 Å². The maximum atomic E-state index is 11.9. The van der Waals surface area contributed by atoms with E-state index >= 15 is 0 Å². The summed E-state index contributed by atoms with van der Waals surface area (Å²) in [4.78, 5) is 0. The van der Waals surface area contributed by atoms with Crippen molar-refractivity contribution in [2.45, 2.75) is 38.4 Å². The minimum atomic E-state index is -4.17. The molecule has 3 N–H and O–H groups in total. The Morgan fingerprint density at radius 2 is 2.08 bits per heavy atom. The number of halogens is 3. The molecule has 13 heavy (non-hydrogen) atoms. The summed E-state index contributed by atoms with van der Waals surface area (Å²) in [6.07, 6.45) is -4.33. The Balaban J connectivity index is 3.80. The zero-order valence-electron chi connectivity index (χ0n) is 7.41. The van der Waals surface area contributed by atoms with Crippen LogP contribution in [0.25, 0.3) is 0 Å². The van der Waals surface area contributed by atoms with Crippen LogP contribution in [0.3, 0.4) is 0 Å². The van der Waals surface area contributed by atoms with Crippen LogP contribution in [0.2, 0.25) is 0 Å². The molecule has 0 aromatic rings. The van der Waals surface area contributed by atoms with Crippen molar-refractivity contribution in [1.29, 1.82) is 0 Å². The summed E-state index contributed by atoms with van der Waals surface area (Å²) in [5.74, 6) is 10.3. The van der Waals surface area contributed by atoms with E-state index in [1.54, 1.807) is 6.92 Å². The number of hydrogen-bond acceptors (Lipinski definition) is 2. The van der Waals surface area contributed by atoms with Crippen molar-refractivity contribution >= 4 is 0 Å². The highest BCUT2D eigenvalue weighted by molar-refractivity contribution is 4.95. The molecule has 0 aliphatic carbocycles. The third-order valence-electron chi connectivity index (χ3n) is 1.51. The molecule has 0 fully saturated rings. The van der Waals surface area contributed by atoms with Crippen molar-refractivity contribution in [3.8, 4) is 11.8 Å². The Morgan fingerprint density at radius 3 is 2.46 bits per heavy atom. The van der Waals surface area contributed by atoms with Gasteiger partial charge in [-0.3, -0.25) is 11.3 Å². The van der Waals surface area contributed by atoms with Gasteiger partial charge in [0.05, 0.1) is 6.42 Å². The van der Waals surface area contributed by atoms with Crippen molar-refractivity contribution in [2.24, 2.45) is 5.84 Å². The molecule has 1 atom stereocenters. The zero-order valence-corrected chi connectivity index (χ0v) is 7.41. The second-order valence-electron chi connectivity index (χ2n) is 2.65. The Labute approximate surface area is 75.6 Å². The van der Waals surface area contributed by atoms with Gasteiger partial charge in [-0.1, -0.05) is 0 Å². The molecule has 5 heteroatoms. The van der Waals surface area contributed by atoms with E-state index in [1.807, 2.05) is 0 Å². The summed E-state index contributed by atoms with van der Waals surface area (Å²) in [5, 5.41) is 0. The van der Waals surface area contributed by atoms with Gasteiger partial charge in [0.25, 0.3) is 0 Å². The Morgan fingerprint density at radius 1 is 1.46 bits per heavy atom. The van der Waals surface area contributed by atoms with Crippen molar-refractivity contribution in [1.82, 2.24) is 5.43 Å². The van der Waals surface area contributed by atoms with Gasteiger partial charge in [-0.05, 0) is 13.3 Å². The molecule has 0 amide bonds. The monoisotopic (exact) mass is 194 g/mol. The molecule has 0 saturated heterocycles. The Bertz CT molecular complexity index is 190. The fourth-order valence-corrected chi connectivity index (χ4v) is 0.895. The molecule has 0 bridgehead atoms. The SMILES string of the molecule is CC#CCCC(CC(F)(F)F)NN. The lowest BCUT2D eigenvalue weighted by atomic mass is 10.1. The van der Waals surface area contributed by atoms with Crippen LogP contribution in [-0.2, 0) is 0 Å². The van der Waals surface area contributed by atoms with E-state index in [0.29, 0.717) is 12.8 Å². The average Bonchev–Trinajstić information content (AvgIpc) is 2.01. The fraction of sp³-hybridized carbons (Fsp3) is 0.750. The summed E-state index contributed by atoms with van der Waals surface area (Å²) >= 11 is 0. The number of rotatable bonds is 4. The van der Waals surface area contributed by atoms with Crippen molar-refractivity contribution in [3.05, 3.63) is 0 Å². The van der Waals surface area contributed by atoms with Gasteiger partial charge in [-0.15, -0.1) is 11.8 Å². The molecule has 1 unspecified atom stereocenters. The molecule has 0 spiro atoms. The minimum absolute atomic E-state index is 0.316. The van der Waals surface area contributed by atoms with Crippen LogP contribution in [0.4, 0.5) is 13.2 Å². The Hall–Kier alpha value is -0.730. The first kappa shape index (κ1) is 12.3. The molecule has 0 aromatic heterocycles. The van der Waals surface area contributed by atoms with E-state index < -0.39 is 18.6 Å². The Kier molecular flexibility index (Phi) is 5.51. The second kappa shape index (κ2) is 5.84.